The number of halogens is 1. The van der Waals surface area contributed by atoms with Crippen LogP contribution >= 0.6 is 0 Å². The van der Waals surface area contributed by atoms with E-state index < -0.39 is 5.60 Å². The minimum Gasteiger partial charge on any atom is -0.490 e. The Balaban J connectivity index is 1.83. The first-order valence-corrected chi connectivity index (χ1v) is 6.81. The molecule has 0 saturated heterocycles. The van der Waals surface area contributed by atoms with Gasteiger partial charge in [0.05, 0.1) is 6.10 Å². The van der Waals surface area contributed by atoms with Crippen LogP contribution in [0.15, 0.2) is 48.5 Å². The van der Waals surface area contributed by atoms with E-state index in [0.29, 0.717) is 11.7 Å². The normalized spacial score (nSPS) is 17.6. The lowest BCUT2D eigenvalue weighted by molar-refractivity contribution is 0.102. The highest BCUT2D eigenvalue weighted by Gasteiger charge is 2.26. The molecule has 1 atom stereocenters. The lowest BCUT2D eigenvalue weighted by Crippen LogP contribution is -2.22. The molecule has 1 fully saturated rings. The molecular formula is C17H17FO2. The van der Waals surface area contributed by atoms with E-state index in [2.05, 4.69) is 0 Å². The number of hydrogen-bond donors (Lipinski definition) is 1. The Kier molecular flexibility index (Phi) is 3.22. The van der Waals surface area contributed by atoms with Gasteiger partial charge < -0.3 is 9.84 Å². The average Bonchev–Trinajstić information content (AvgIpc) is 3.24. The van der Waals surface area contributed by atoms with Crippen molar-refractivity contribution < 1.29 is 14.2 Å². The van der Waals surface area contributed by atoms with Crippen molar-refractivity contribution in [2.45, 2.75) is 31.5 Å². The largest absolute Gasteiger partial charge is 0.490 e. The Hall–Kier alpha value is -1.87. The molecule has 104 valence electrons. The number of ether oxygens (including phenoxy) is 1. The third kappa shape index (κ3) is 2.68. The Bertz CT molecular complexity index is 583. The summed E-state index contributed by atoms with van der Waals surface area (Å²) in [7, 11) is 0. The van der Waals surface area contributed by atoms with Crippen molar-refractivity contribution in [3.8, 4) is 5.75 Å². The van der Waals surface area contributed by atoms with Crippen molar-refractivity contribution in [1.82, 2.24) is 0 Å². The van der Waals surface area contributed by atoms with Crippen LogP contribution in [-0.2, 0) is 5.60 Å². The second-order valence-corrected chi connectivity index (χ2v) is 5.42. The molecule has 20 heavy (non-hydrogen) atoms. The van der Waals surface area contributed by atoms with Crippen molar-refractivity contribution in [3.05, 3.63) is 65.5 Å². The summed E-state index contributed by atoms with van der Waals surface area (Å²) in [5.41, 5.74) is 0.272. The van der Waals surface area contributed by atoms with Gasteiger partial charge in [0.2, 0.25) is 0 Å². The van der Waals surface area contributed by atoms with Gasteiger partial charge >= 0.3 is 0 Å². The van der Waals surface area contributed by atoms with Crippen molar-refractivity contribution in [2.24, 2.45) is 0 Å². The Morgan fingerprint density at radius 1 is 1.00 bits per heavy atom. The summed E-state index contributed by atoms with van der Waals surface area (Å²) in [5.74, 6) is 0.517. The van der Waals surface area contributed by atoms with Gasteiger partial charge in [-0.25, -0.2) is 4.39 Å². The van der Waals surface area contributed by atoms with Crippen molar-refractivity contribution >= 4 is 0 Å². The highest BCUT2D eigenvalue weighted by atomic mass is 19.1. The highest BCUT2D eigenvalue weighted by Crippen LogP contribution is 2.32. The summed E-state index contributed by atoms with van der Waals surface area (Å²) >= 11 is 0. The van der Waals surface area contributed by atoms with Crippen molar-refractivity contribution in [2.75, 3.05) is 0 Å². The summed E-state index contributed by atoms with van der Waals surface area (Å²) in [4.78, 5) is 0. The van der Waals surface area contributed by atoms with Gasteiger partial charge in [0.15, 0.2) is 0 Å². The van der Waals surface area contributed by atoms with Gasteiger partial charge in [0.25, 0.3) is 0 Å². The van der Waals surface area contributed by atoms with E-state index >= 15 is 0 Å². The molecule has 0 bridgehead atoms. The molecule has 2 aromatic rings. The van der Waals surface area contributed by atoms with Gasteiger partial charge in [0.1, 0.15) is 17.2 Å². The first kappa shape index (κ1) is 13.1. The van der Waals surface area contributed by atoms with Crippen LogP contribution in [0.4, 0.5) is 4.39 Å². The first-order valence-electron chi connectivity index (χ1n) is 6.81. The zero-order chi connectivity index (χ0) is 14.2. The fraction of sp³-hybridized carbons (Fsp3) is 0.294. The lowest BCUT2D eigenvalue weighted by atomic mass is 9.88. The molecule has 1 aliphatic carbocycles. The Morgan fingerprint density at radius 3 is 2.00 bits per heavy atom. The summed E-state index contributed by atoms with van der Waals surface area (Å²) < 4.78 is 18.6. The zero-order valence-electron chi connectivity index (χ0n) is 11.3. The highest BCUT2D eigenvalue weighted by molar-refractivity contribution is 5.38. The van der Waals surface area contributed by atoms with Gasteiger partial charge in [0, 0.05) is 0 Å². The van der Waals surface area contributed by atoms with E-state index in [4.69, 9.17) is 4.74 Å². The number of hydrogen-bond acceptors (Lipinski definition) is 2. The fourth-order valence-corrected chi connectivity index (χ4v) is 2.18. The van der Waals surface area contributed by atoms with E-state index in [1.807, 2.05) is 24.3 Å². The molecule has 0 radical (unpaired) electrons. The molecule has 2 aromatic carbocycles. The fourth-order valence-electron chi connectivity index (χ4n) is 2.18. The second-order valence-electron chi connectivity index (χ2n) is 5.42. The van der Waals surface area contributed by atoms with E-state index in [-0.39, 0.29) is 5.82 Å². The first-order chi connectivity index (χ1) is 9.55. The van der Waals surface area contributed by atoms with Gasteiger partial charge in [-0.2, -0.15) is 0 Å². The van der Waals surface area contributed by atoms with Crippen LogP contribution in [0.5, 0.6) is 5.75 Å². The maximum Gasteiger partial charge on any atom is 0.123 e. The Labute approximate surface area is 117 Å². The smallest absolute Gasteiger partial charge is 0.123 e. The number of rotatable bonds is 4. The van der Waals surface area contributed by atoms with Gasteiger partial charge in [-0.1, -0.05) is 24.3 Å². The van der Waals surface area contributed by atoms with Gasteiger partial charge in [-0.05, 0) is 55.2 Å². The standard InChI is InChI=1S/C17H17FO2/c1-17(19,12-2-6-14(18)7-3-12)13-4-8-15(9-5-13)20-16-10-11-16/h2-9,16,19H,10-11H2,1H3. The molecule has 0 spiro atoms. The maximum atomic E-state index is 13.0. The number of aliphatic hydroxyl groups is 1. The minimum atomic E-state index is -1.15. The molecule has 0 amide bonds. The predicted octanol–water partition coefficient (Wildman–Crippen LogP) is 3.62. The molecule has 1 aliphatic rings. The molecule has 0 heterocycles. The molecule has 3 heteroatoms. The molecule has 1 unspecified atom stereocenters. The maximum absolute atomic E-state index is 13.0. The topological polar surface area (TPSA) is 29.5 Å². The third-order valence-electron chi connectivity index (χ3n) is 3.65. The summed E-state index contributed by atoms with van der Waals surface area (Å²) in [5, 5.41) is 10.7. The second kappa shape index (κ2) is 4.91. The third-order valence-corrected chi connectivity index (χ3v) is 3.65. The summed E-state index contributed by atoms with van der Waals surface area (Å²) in [6.07, 6.45) is 2.60. The molecule has 1 saturated carbocycles. The molecule has 3 rings (SSSR count). The SMILES string of the molecule is CC(O)(c1ccc(F)cc1)c1ccc(OC2CC2)cc1. The quantitative estimate of drug-likeness (QED) is 0.921. The zero-order valence-corrected chi connectivity index (χ0v) is 11.3. The number of benzene rings is 2. The van der Waals surface area contributed by atoms with Crippen LogP contribution in [-0.4, -0.2) is 11.2 Å². The van der Waals surface area contributed by atoms with E-state index in [9.17, 15) is 9.50 Å². The van der Waals surface area contributed by atoms with Crippen molar-refractivity contribution in [1.29, 1.82) is 0 Å². The summed E-state index contributed by atoms with van der Waals surface area (Å²) in [6.45, 7) is 1.71. The lowest BCUT2D eigenvalue weighted by Gasteiger charge is -2.24. The van der Waals surface area contributed by atoms with Crippen LogP contribution < -0.4 is 4.74 Å². The van der Waals surface area contributed by atoms with Crippen LogP contribution in [0.25, 0.3) is 0 Å². The monoisotopic (exact) mass is 272 g/mol. The molecular weight excluding hydrogens is 255 g/mol. The molecule has 2 nitrogen and oxygen atoms in total. The Morgan fingerprint density at radius 2 is 1.50 bits per heavy atom. The van der Waals surface area contributed by atoms with E-state index in [0.717, 1.165) is 24.2 Å². The van der Waals surface area contributed by atoms with Crippen LogP contribution in [0.3, 0.4) is 0 Å². The van der Waals surface area contributed by atoms with Crippen molar-refractivity contribution in [3.63, 3.8) is 0 Å². The van der Waals surface area contributed by atoms with Crippen LogP contribution in [0, 0.1) is 5.82 Å². The average molecular weight is 272 g/mol. The minimum absolute atomic E-state index is 0.308. The van der Waals surface area contributed by atoms with Crippen LogP contribution in [0.1, 0.15) is 30.9 Å². The molecule has 0 aliphatic heterocycles. The van der Waals surface area contributed by atoms with Gasteiger partial charge in [-0.3, -0.25) is 0 Å². The molecule has 1 N–H and O–H groups in total. The predicted molar refractivity (Wildman–Crippen MR) is 75.2 cm³/mol. The molecule has 0 aromatic heterocycles. The van der Waals surface area contributed by atoms with E-state index in [1.165, 1.54) is 12.1 Å². The summed E-state index contributed by atoms with van der Waals surface area (Å²) in [6, 6.07) is 13.3. The van der Waals surface area contributed by atoms with Crippen LogP contribution in [0.2, 0.25) is 0 Å². The van der Waals surface area contributed by atoms with Gasteiger partial charge in [-0.15, -0.1) is 0 Å². The van der Waals surface area contributed by atoms with E-state index in [1.54, 1.807) is 19.1 Å².